The molecule has 12 aromatic rings. The Labute approximate surface area is 778 Å². The summed E-state index contributed by atoms with van der Waals surface area (Å²) < 4.78 is 55.7. The van der Waals surface area contributed by atoms with Crippen molar-refractivity contribution in [2.24, 2.45) is 92.7 Å². The van der Waals surface area contributed by atoms with Crippen molar-refractivity contribution in [2.75, 3.05) is 0 Å². The van der Waals surface area contributed by atoms with E-state index in [1.165, 1.54) is 52.7 Å². The molecule has 0 amide bonds. The quantitative estimate of drug-likeness (QED) is 0.0512. The number of aromatic nitrogens is 8. The first-order valence-corrected chi connectivity index (χ1v) is 47.7. The van der Waals surface area contributed by atoms with Gasteiger partial charge in [-0.1, -0.05) is 79.4 Å². The van der Waals surface area contributed by atoms with Gasteiger partial charge in [-0.05, 0) is 371 Å². The molecule has 8 aliphatic rings. The minimum atomic E-state index is -0.401. The molecular weight excluding hydrogens is 1660 g/mol. The van der Waals surface area contributed by atoms with Crippen LogP contribution in [-0.4, -0.2) is 63.0 Å². The van der Waals surface area contributed by atoms with Gasteiger partial charge in [0.1, 0.15) is 69.9 Å². The van der Waals surface area contributed by atoms with E-state index in [0.29, 0.717) is 137 Å². The van der Waals surface area contributed by atoms with E-state index < -0.39 is 5.41 Å². The Bertz CT molecular complexity index is 6080. The molecule has 0 radical (unpaired) electrons. The van der Waals surface area contributed by atoms with Gasteiger partial charge in [0.15, 0.2) is 0 Å². The molecule has 0 aliphatic heterocycles. The van der Waals surface area contributed by atoms with Gasteiger partial charge >= 0.3 is 0 Å². The Balaban J connectivity index is 0.000000124. The first-order valence-electron chi connectivity index (χ1n) is 47.7. The second-order valence-electron chi connectivity index (χ2n) is 41.9. The number of terminal acetylenes is 1. The van der Waals surface area contributed by atoms with E-state index >= 15 is 0 Å². The highest BCUT2D eigenvalue weighted by Crippen LogP contribution is 2.62. The Morgan fingerprint density at radius 3 is 0.865 bits per heavy atom. The molecule has 8 aliphatic carbocycles. The van der Waals surface area contributed by atoms with Gasteiger partial charge in [0.25, 0.3) is 0 Å². The van der Waals surface area contributed by atoms with Gasteiger partial charge in [0.2, 0.25) is 0 Å². The fraction of sp³-hybridized carbons (Fsp3) is 0.426. The lowest BCUT2D eigenvalue weighted by molar-refractivity contribution is -0.130. The third kappa shape index (κ3) is 19.9. The molecule has 8 unspecified atom stereocenters. The van der Waals surface area contributed by atoms with Crippen LogP contribution in [0, 0.1) is 163 Å². The van der Waals surface area contributed by atoms with Crippen molar-refractivity contribution >= 4 is 66.7 Å². The lowest BCUT2D eigenvalue weighted by Crippen LogP contribution is -2.33. The van der Waals surface area contributed by atoms with Crippen molar-refractivity contribution in [1.82, 2.24) is 39.9 Å². The number of ketones is 4. The van der Waals surface area contributed by atoms with Crippen molar-refractivity contribution in [3.8, 4) is 36.3 Å². The second kappa shape index (κ2) is 38.7. The highest BCUT2D eigenvalue weighted by molar-refractivity contribution is 5.90. The van der Waals surface area contributed by atoms with E-state index in [9.17, 15) is 36.7 Å². The van der Waals surface area contributed by atoms with Gasteiger partial charge in [0, 0.05) is 135 Å². The normalized spacial score (nSPS) is 24.4. The van der Waals surface area contributed by atoms with Gasteiger partial charge in [-0.25, -0.2) is 27.5 Å². The standard InChI is InChI=1S/C30H31FN2O.C29H29FN2O.2C28H28FN3O/c1-4-5-19-6-8-25(33-18-19)17-29(34)30(2,3)23-14-20-12-22(13-21(20)15-23)26-10-11-32-28-9-7-24(31)16-27(26)28;1-4-24-7-5-18(17-32-24)11-28(33)29(2,3)22-14-19-12-21(13-20(19)15-22)25-9-10-31-27-8-6-23(30)16-26(25)27;1-28(2,27(33)14-23-5-3-17(15-30)16-32-23)21-11-18-9-20(10-19(18)12-21)24-7-8-31-26-6-4-22(29)13-25(24)26;1-28(2,27(33)9-17-3-5-23(15-30)32-16-17)21-12-18-10-20(11-19(18)13-21)24-7-8-31-26-6-4-22(29)14-25(24)26/h6-11,16,18,20-23H,12-15,17H2,1-3H3;1,5-10,16-17,19-22H,11-15H2,2-3H3;3-8,13,16,18-21H,9-12,14H2,1-2H3;3-8,14,16,18-21H,9-13H2,1-2H3/t20-,21+,22?,23?;19-,20+,21?,22?;2*18-,19+,20?,21?. The number of pyridine rings is 8. The van der Waals surface area contributed by atoms with Crippen LogP contribution in [0.5, 0.6) is 0 Å². The number of hydrogen-bond donors (Lipinski definition) is 0. The number of nitrogens with zero attached hydrogens (tertiary/aromatic N) is 10. The Hall–Kier alpha value is -12.4. The number of nitriles is 2. The molecule has 0 N–H and O–H groups in total. The molecule has 8 saturated carbocycles. The van der Waals surface area contributed by atoms with Crippen LogP contribution in [0.3, 0.4) is 0 Å². The smallest absolute Gasteiger partial charge is 0.144 e. The fourth-order valence-electron chi connectivity index (χ4n) is 24.9. The summed E-state index contributed by atoms with van der Waals surface area (Å²) >= 11 is 0. The summed E-state index contributed by atoms with van der Waals surface area (Å²) in [5, 5.41) is 21.6. The monoisotopic (exact) mass is 1780 g/mol. The first kappa shape index (κ1) is 92.5. The average molecular weight is 1780 g/mol. The van der Waals surface area contributed by atoms with Gasteiger partial charge in [-0.3, -0.25) is 49.1 Å². The van der Waals surface area contributed by atoms with Gasteiger partial charge in [0.05, 0.1) is 27.6 Å². The topological polar surface area (TPSA) is 219 Å². The highest BCUT2D eigenvalue weighted by Gasteiger charge is 2.54. The van der Waals surface area contributed by atoms with E-state index in [-0.39, 0.29) is 62.6 Å². The van der Waals surface area contributed by atoms with Crippen LogP contribution in [-0.2, 0) is 44.9 Å². The SMILES string of the molecule is C#Cc1ccc(CC(=O)C(C)(C)C2C[C@H]3CC(c4ccnc5ccc(F)cc45)C[C@H]3C2)cn1.CC#Cc1ccc(CC(=O)C(C)(C)C2C[C@H]3CC(c4ccnc5ccc(F)cc45)C[C@H]3C2)nc1.CC(C)(C(=O)Cc1ccc(C#N)cn1)C1C[C@H]2CC(c3ccnc4ccc(F)cc34)C[C@H]2C1.CC(C)(C(=O)Cc1ccc(C#N)nc1)C1C[C@H]2CC(c3ccnc4ccc(F)cc34)C[C@H]2C1. The Morgan fingerprint density at radius 1 is 0.331 bits per heavy atom. The van der Waals surface area contributed by atoms with E-state index in [4.69, 9.17) is 16.9 Å². The van der Waals surface area contributed by atoms with Crippen LogP contribution in [0.25, 0.3) is 43.6 Å². The number of carbonyl (C=O) groups is 4. The lowest BCUT2D eigenvalue weighted by Gasteiger charge is -2.31. The van der Waals surface area contributed by atoms with Crippen molar-refractivity contribution in [2.45, 2.75) is 214 Å². The largest absolute Gasteiger partial charge is 0.299 e. The average Bonchev–Trinajstić information content (AvgIpc) is 1.58. The van der Waals surface area contributed by atoms with Crippen LogP contribution in [0.4, 0.5) is 17.6 Å². The van der Waals surface area contributed by atoms with Crippen LogP contribution in [0.2, 0.25) is 0 Å². The predicted octanol–water partition coefficient (Wildman–Crippen LogP) is 24.6. The zero-order valence-electron chi connectivity index (χ0n) is 77.5. The van der Waals surface area contributed by atoms with Crippen LogP contribution in [0.1, 0.15) is 256 Å². The number of Topliss-reactive ketones (excluding diaryl/α,β-unsaturated/α-hetero) is 4. The summed E-state index contributed by atoms with van der Waals surface area (Å²) in [7, 11) is 0. The molecule has 8 aromatic heterocycles. The molecule has 16 atom stereocenters. The molecule has 18 heteroatoms. The summed E-state index contributed by atoms with van der Waals surface area (Å²) in [6.07, 6.45) is 38.3. The summed E-state index contributed by atoms with van der Waals surface area (Å²) in [5.41, 5.74) is 12.5. The van der Waals surface area contributed by atoms with Crippen LogP contribution in [0.15, 0.2) is 195 Å². The molecule has 133 heavy (non-hydrogen) atoms. The van der Waals surface area contributed by atoms with Crippen molar-refractivity contribution in [1.29, 1.82) is 10.5 Å². The number of rotatable bonds is 20. The number of benzene rings is 4. The minimum Gasteiger partial charge on any atom is -0.299 e. The number of fused-ring (bicyclic) bond motifs is 8. The minimum absolute atomic E-state index is 0.206. The van der Waals surface area contributed by atoms with Gasteiger partial charge < -0.3 is 0 Å². The summed E-state index contributed by atoms with van der Waals surface area (Å²) in [4.78, 5) is 87.7. The Morgan fingerprint density at radius 2 is 0.617 bits per heavy atom. The number of halogens is 4. The third-order valence-corrected chi connectivity index (χ3v) is 33.1. The van der Waals surface area contributed by atoms with Crippen molar-refractivity contribution in [3.63, 3.8) is 0 Å². The Kier molecular flexibility index (Phi) is 26.9. The molecule has 8 fully saturated rings. The predicted molar refractivity (Wildman–Crippen MR) is 510 cm³/mol. The molecule has 0 bridgehead atoms. The fourth-order valence-corrected chi connectivity index (χ4v) is 24.9. The van der Waals surface area contributed by atoms with E-state index in [1.54, 1.807) is 98.3 Å². The lowest BCUT2D eigenvalue weighted by atomic mass is 9.71. The van der Waals surface area contributed by atoms with E-state index in [0.717, 1.165) is 174 Å². The second-order valence-corrected chi connectivity index (χ2v) is 41.9. The molecule has 678 valence electrons. The zero-order valence-corrected chi connectivity index (χ0v) is 77.5. The van der Waals surface area contributed by atoms with Crippen LogP contribution < -0.4 is 0 Å². The maximum absolute atomic E-state index is 13.9. The molecule has 4 aromatic carbocycles. The summed E-state index contributed by atoms with van der Waals surface area (Å²) in [6, 6.07) is 46.4. The summed E-state index contributed by atoms with van der Waals surface area (Å²) in [6.45, 7) is 18.6. The van der Waals surface area contributed by atoms with Gasteiger partial charge in [-0.2, -0.15) is 10.5 Å². The van der Waals surface area contributed by atoms with E-state index in [1.807, 2.05) is 55.1 Å². The molecule has 20 rings (SSSR count). The zero-order chi connectivity index (χ0) is 93.4. The number of hydrogen-bond acceptors (Lipinski definition) is 14. The maximum atomic E-state index is 13.9. The highest BCUT2D eigenvalue weighted by atomic mass is 19.1. The van der Waals surface area contributed by atoms with Crippen LogP contribution >= 0.6 is 0 Å². The molecule has 0 spiro atoms. The maximum Gasteiger partial charge on any atom is 0.144 e. The number of carbonyl (C=O) groups excluding carboxylic acids is 4. The van der Waals surface area contributed by atoms with E-state index in [2.05, 4.69) is 143 Å². The first-order chi connectivity index (χ1) is 63.9. The van der Waals surface area contributed by atoms with Crippen molar-refractivity contribution < 1.29 is 36.7 Å². The molecule has 0 saturated heterocycles. The van der Waals surface area contributed by atoms with Crippen molar-refractivity contribution in [3.05, 3.63) is 286 Å². The third-order valence-electron chi connectivity index (χ3n) is 33.1. The molecule has 8 heterocycles. The van der Waals surface area contributed by atoms with Gasteiger partial charge in [-0.15, -0.1) is 12.3 Å². The summed E-state index contributed by atoms with van der Waals surface area (Å²) in [5.74, 6) is 16.8. The molecule has 14 nitrogen and oxygen atoms in total. The molecular formula is C115H116F4N10O4.